The van der Waals surface area contributed by atoms with Crippen molar-refractivity contribution in [2.45, 2.75) is 34.1 Å². The molecule has 0 unspecified atom stereocenters. The molecule has 1 aromatic rings. The number of hydrogen-bond acceptors (Lipinski definition) is 3. The number of benzene rings is 1. The molecule has 0 spiro atoms. The largest absolute Gasteiger partial charge is 0.311 e. The molecule has 0 radical (unpaired) electrons. The van der Waals surface area contributed by atoms with Gasteiger partial charge >= 0.3 is 0 Å². The third-order valence-electron chi connectivity index (χ3n) is 3.38. The molecule has 0 aliphatic heterocycles. The summed E-state index contributed by atoms with van der Waals surface area (Å²) in [6.07, 6.45) is 0.572. The smallest absolute Gasteiger partial charge is 0.223 e. The van der Waals surface area contributed by atoms with Gasteiger partial charge in [0.05, 0.1) is 5.75 Å². The summed E-state index contributed by atoms with van der Waals surface area (Å²) >= 11 is 0. The van der Waals surface area contributed by atoms with Gasteiger partial charge in [0.2, 0.25) is 15.9 Å². The number of carbonyl (C=O) groups excluding carboxylic acids is 1. The van der Waals surface area contributed by atoms with Crippen LogP contribution in [0.5, 0.6) is 0 Å². The fraction of sp³-hybridized carbons (Fsp3) is 0.533. The van der Waals surface area contributed by atoms with Crippen molar-refractivity contribution in [3.8, 4) is 0 Å². The van der Waals surface area contributed by atoms with Crippen LogP contribution in [0.3, 0.4) is 0 Å². The lowest BCUT2D eigenvalue weighted by molar-refractivity contribution is -0.116. The molecule has 1 amide bonds. The lowest BCUT2D eigenvalue weighted by Gasteiger charge is -2.24. The predicted molar refractivity (Wildman–Crippen MR) is 86.0 cm³/mol. The van der Waals surface area contributed by atoms with Crippen molar-refractivity contribution < 1.29 is 13.2 Å². The fourth-order valence-electron chi connectivity index (χ4n) is 2.13. The molecule has 21 heavy (non-hydrogen) atoms. The Morgan fingerprint density at radius 3 is 2.52 bits per heavy atom. The molecule has 0 heterocycles. The lowest BCUT2D eigenvalue weighted by Crippen LogP contribution is -2.38. The molecule has 1 N–H and O–H groups in total. The zero-order valence-corrected chi connectivity index (χ0v) is 14.0. The topological polar surface area (TPSA) is 66.5 Å². The van der Waals surface area contributed by atoms with Gasteiger partial charge in [-0.05, 0) is 37.5 Å². The minimum atomic E-state index is -3.24. The molecule has 6 heteroatoms. The van der Waals surface area contributed by atoms with E-state index in [9.17, 15) is 13.2 Å². The zero-order valence-electron chi connectivity index (χ0n) is 13.1. The molecule has 1 rings (SSSR count). The maximum atomic E-state index is 11.8. The number of nitrogens with one attached hydrogen (secondary N) is 1. The molecule has 0 saturated carbocycles. The van der Waals surface area contributed by atoms with Crippen molar-refractivity contribution in [2.24, 2.45) is 0 Å². The molecule has 5 nitrogen and oxygen atoms in total. The van der Waals surface area contributed by atoms with Crippen molar-refractivity contribution in [3.05, 3.63) is 29.3 Å². The van der Waals surface area contributed by atoms with Crippen LogP contribution in [0.2, 0.25) is 0 Å². The van der Waals surface area contributed by atoms with E-state index in [1.54, 1.807) is 4.90 Å². The van der Waals surface area contributed by atoms with Gasteiger partial charge < -0.3 is 4.90 Å². The summed E-state index contributed by atoms with van der Waals surface area (Å²) in [6.45, 7) is 7.79. The summed E-state index contributed by atoms with van der Waals surface area (Å²) in [4.78, 5) is 13.4. The average Bonchev–Trinajstić information content (AvgIpc) is 2.38. The van der Waals surface area contributed by atoms with Gasteiger partial charge in [0.1, 0.15) is 0 Å². The van der Waals surface area contributed by atoms with E-state index in [1.165, 1.54) is 6.92 Å². The van der Waals surface area contributed by atoms with Crippen molar-refractivity contribution in [1.82, 2.24) is 4.72 Å². The number of rotatable bonds is 7. The highest BCUT2D eigenvalue weighted by Gasteiger charge is 2.15. The maximum absolute atomic E-state index is 11.8. The standard InChI is InChI=1S/C15H24N2O3S/c1-5-11-21(19,20)16-9-10-17(14(4)18)15-8-6-7-12(2)13(15)3/h6-8,16H,5,9-11H2,1-4H3. The van der Waals surface area contributed by atoms with E-state index in [0.29, 0.717) is 13.0 Å². The van der Waals surface area contributed by atoms with Crippen LogP contribution in [-0.2, 0) is 14.8 Å². The summed E-state index contributed by atoms with van der Waals surface area (Å²) in [7, 11) is -3.24. The van der Waals surface area contributed by atoms with Gasteiger partial charge in [-0.1, -0.05) is 19.1 Å². The van der Waals surface area contributed by atoms with Gasteiger partial charge in [-0.15, -0.1) is 0 Å². The van der Waals surface area contributed by atoms with Gasteiger partial charge in [-0.25, -0.2) is 13.1 Å². The molecule has 0 atom stereocenters. The van der Waals surface area contributed by atoms with Crippen LogP contribution in [0, 0.1) is 13.8 Å². The number of hydrogen-bond donors (Lipinski definition) is 1. The first-order valence-electron chi connectivity index (χ1n) is 7.10. The fourth-order valence-corrected chi connectivity index (χ4v) is 3.21. The Kier molecular flexibility index (Phi) is 6.36. The number of nitrogens with zero attached hydrogens (tertiary/aromatic N) is 1. The third kappa shape index (κ3) is 5.13. The highest BCUT2D eigenvalue weighted by atomic mass is 32.2. The lowest BCUT2D eigenvalue weighted by atomic mass is 10.1. The molecule has 0 saturated heterocycles. The van der Waals surface area contributed by atoms with Crippen LogP contribution in [0.25, 0.3) is 0 Å². The normalized spacial score (nSPS) is 11.4. The zero-order chi connectivity index (χ0) is 16.0. The molecule has 0 aliphatic carbocycles. The Labute approximate surface area is 127 Å². The summed E-state index contributed by atoms with van der Waals surface area (Å²) in [5, 5.41) is 0. The van der Waals surface area contributed by atoms with Crippen LogP contribution in [0.1, 0.15) is 31.4 Å². The second kappa shape index (κ2) is 7.56. The van der Waals surface area contributed by atoms with Gasteiger partial charge in [0, 0.05) is 25.7 Å². The van der Waals surface area contributed by atoms with E-state index in [-0.39, 0.29) is 18.2 Å². The van der Waals surface area contributed by atoms with Crippen LogP contribution >= 0.6 is 0 Å². The third-order valence-corrected chi connectivity index (χ3v) is 4.97. The van der Waals surface area contributed by atoms with Crippen LogP contribution in [0.15, 0.2) is 18.2 Å². The van der Waals surface area contributed by atoms with Crippen molar-refractivity contribution in [1.29, 1.82) is 0 Å². The number of sulfonamides is 1. The average molecular weight is 312 g/mol. The first-order valence-corrected chi connectivity index (χ1v) is 8.75. The molecule has 0 bridgehead atoms. The minimum Gasteiger partial charge on any atom is -0.311 e. The van der Waals surface area contributed by atoms with E-state index >= 15 is 0 Å². The monoisotopic (exact) mass is 312 g/mol. The van der Waals surface area contributed by atoms with Gasteiger partial charge in [0.25, 0.3) is 0 Å². The van der Waals surface area contributed by atoms with Crippen molar-refractivity contribution in [3.63, 3.8) is 0 Å². The predicted octanol–water partition coefficient (Wildman–Crippen LogP) is 1.99. The van der Waals surface area contributed by atoms with Gasteiger partial charge in [-0.2, -0.15) is 0 Å². The van der Waals surface area contributed by atoms with Crippen LogP contribution in [0.4, 0.5) is 5.69 Å². The quantitative estimate of drug-likeness (QED) is 0.837. The Bertz CT molecular complexity index is 597. The van der Waals surface area contributed by atoms with E-state index in [4.69, 9.17) is 0 Å². The summed E-state index contributed by atoms with van der Waals surface area (Å²) in [5.41, 5.74) is 2.96. The number of amides is 1. The summed E-state index contributed by atoms with van der Waals surface area (Å²) < 4.78 is 25.8. The maximum Gasteiger partial charge on any atom is 0.223 e. The molecule has 118 valence electrons. The van der Waals surface area contributed by atoms with Crippen molar-refractivity contribution >= 4 is 21.6 Å². The van der Waals surface area contributed by atoms with Crippen molar-refractivity contribution in [2.75, 3.05) is 23.7 Å². The van der Waals surface area contributed by atoms with E-state index < -0.39 is 10.0 Å². The molecular weight excluding hydrogens is 288 g/mol. The Morgan fingerprint density at radius 2 is 1.95 bits per heavy atom. The van der Waals surface area contributed by atoms with E-state index in [2.05, 4.69) is 4.72 Å². The Hall–Kier alpha value is -1.40. The first kappa shape index (κ1) is 17.7. The number of aryl methyl sites for hydroxylation is 1. The SMILES string of the molecule is CCCS(=O)(=O)NCCN(C(C)=O)c1cccc(C)c1C. The summed E-state index contributed by atoms with van der Waals surface area (Å²) in [5.74, 6) is 0.00897. The van der Waals surface area contributed by atoms with Gasteiger partial charge in [-0.3, -0.25) is 4.79 Å². The molecular formula is C15H24N2O3S. The highest BCUT2D eigenvalue weighted by Crippen LogP contribution is 2.22. The van der Waals surface area contributed by atoms with Crippen LogP contribution < -0.4 is 9.62 Å². The highest BCUT2D eigenvalue weighted by molar-refractivity contribution is 7.89. The van der Waals surface area contributed by atoms with Gasteiger partial charge in [0.15, 0.2) is 0 Å². The van der Waals surface area contributed by atoms with E-state index in [0.717, 1.165) is 16.8 Å². The van der Waals surface area contributed by atoms with E-state index in [1.807, 2.05) is 39.0 Å². The minimum absolute atomic E-state index is 0.0987. The Balaban J connectivity index is 2.81. The summed E-state index contributed by atoms with van der Waals surface area (Å²) in [6, 6.07) is 5.76. The Morgan fingerprint density at radius 1 is 1.29 bits per heavy atom. The molecule has 0 aliphatic rings. The number of anilines is 1. The first-order chi connectivity index (χ1) is 9.78. The van der Waals surface area contributed by atoms with Crippen LogP contribution in [-0.4, -0.2) is 33.2 Å². The second-order valence-corrected chi connectivity index (χ2v) is 7.03. The second-order valence-electron chi connectivity index (χ2n) is 5.10. The molecule has 1 aromatic carbocycles. The molecule has 0 aromatic heterocycles. The molecule has 0 fully saturated rings. The number of carbonyl (C=O) groups is 1.